The number of nitrogens with two attached hydrogens (primary N) is 3. The highest BCUT2D eigenvalue weighted by atomic mass is 35.5. The molecular formula is C36H45Cl2F3N8O8S. The third kappa shape index (κ3) is 11.6. The molecule has 22 heteroatoms. The number of aromatic nitrogens is 1. The van der Waals surface area contributed by atoms with Crippen molar-refractivity contribution >= 4 is 67.9 Å². The fourth-order valence-corrected chi connectivity index (χ4v) is 8.75. The van der Waals surface area contributed by atoms with Gasteiger partial charge in [-0.25, -0.2) is 18.2 Å². The van der Waals surface area contributed by atoms with Gasteiger partial charge in [0.2, 0.25) is 21.8 Å². The number of hydrogen-bond donors (Lipinski definition) is 5. The number of amides is 2. The average molecular weight is 878 g/mol. The van der Waals surface area contributed by atoms with Gasteiger partial charge in [-0.1, -0.05) is 35.3 Å². The van der Waals surface area contributed by atoms with Crippen molar-refractivity contribution in [2.45, 2.75) is 68.8 Å². The minimum atomic E-state index is -5.08. The van der Waals surface area contributed by atoms with Gasteiger partial charge in [-0.15, -0.1) is 0 Å². The molecule has 2 aromatic carbocycles. The van der Waals surface area contributed by atoms with Crippen LogP contribution in [0.2, 0.25) is 10.0 Å². The molecule has 0 saturated carbocycles. The van der Waals surface area contributed by atoms with E-state index in [0.29, 0.717) is 30.7 Å². The zero-order valence-corrected chi connectivity index (χ0v) is 34.0. The summed E-state index contributed by atoms with van der Waals surface area (Å²) in [6, 6.07) is 9.59. The Balaban J connectivity index is 0.000000973. The van der Waals surface area contributed by atoms with Crippen molar-refractivity contribution in [3.63, 3.8) is 0 Å². The first kappa shape index (κ1) is 46.2. The van der Waals surface area contributed by atoms with Crippen LogP contribution in [0.4, 0.5) is 13.2 Å². The molecule has 318 valence electrons. The maximum absolute atomic E-state index is 14.1. The van der Waals surface area contributed by atoms with Crippen LogP contribution >= 0.6 is 23.2 Å². The molecule has 2 aliphatic heterocycles. The summed E-state index contributed by atoms with van der Waals surface area (Å²) in [5, 5.41) is 8.15. The molecule has 2 fully saturated rings. The topological polar surface area (TPSA) is 246 Å². The number of fused-ring (bicyclic) bond motifs is 1. The number of rotatable bonds is 12. The summed E-state index contributed by atoms with van der Waals surface area (Å²) < 4.78 is 74.2. The Labute approximate surface area is 342 Å². The largest absolute Gasteiger partial charge is 0.490 e. The summed E-state index contributed by atoms with van der Waals surface area (Å²) in [5.41, 5.74) is 18.1. The predicted molar refractivity (Wildman–Crippen MR) is 210 cm³/mol. The number of guanidine groups is 1. The van der Waals surface area contributed by atoms with Crippen LogP contribution in [0.25, 0.3) is 10.9 Å². The molecule has 0 bridgehead atoms. The lowest BCUT2D eigenvalue weighted by molar-refractivity contribution is -0.192. The van der Waals surface area contributed by atoms with Crippen LogP contribution in [0.5, 0.6) is 5.75 Å². The summed E-state index contributed by atoms with van der Waals surface area (Å²) in [6.45, 7) is 5.40. The number of ether oxygens (including phenoxy) is 2. The SMILES string of the molecule is Cc1cc(C)c2cccc(OCc3c(Cl)ccc(S(=O)(=O)NC4(C(=O)N5CCN(C(=O)[C@@H](N)CCCN=C(N)N)CC5)CCOCC4)c3Cl)c2n1.O=C(O)C(F)(F)F. The summed E-state index contributed by atoms with van der Waals surface area (Å²) in [5.74, 6) is -2.91. The first-order chi connectivity index (χ1) is 27.2. The van der Waals surface area contributed by atoms with Crippen LogP contribution in [0, 0.1) is 13.8 Å². The number of benzene rings is 2. The minimum absolute atomic E-state index is 0.0216. The highest BCUT2D eigenvalue weighted by Crippen LogP contribution is 2.35. The van der Waals surface area contributed by atoms with Crippen LogP contribution < -0.4 is 26.7 Å². The second kappa shape index (κ2) is 19.5. The molecule has 0 unspecified atom stereocenters. The number of carboxylic acid groups (broad SMARTS) is 1. The molecular weight excluding hydrogens is 832 g/mol. The first-order valence-corrected chi connectivity index (χ1v) is 20.2. The number of nitrogens with one attached hydrogen (secondary N) is 1. The van der Waals surface area contributed by atoms with Gasteiger partial charge in [-0.2, -0.15) is 17.9 Å². The predicted octanol–water partition coefficient (Wildman–Crippen LogP) is 3.25. The standard InChI is InChI=1S/C34H44Cl2N8O6S.C2HF3O2/c1-21-19-22(2)41-30-23(21)5-3-7-27(30)50-20-24-25(35)8-9-28(29(24)36)51(47,48)42-34(10-17-49-18-11-34)32(46)44-15-13-43(14-16-44)31(45)26(37)6-4-12-40-33(38)39;3-2(4,5)1(6)7/h3,5,7-9,19,26,42H,4,6,10-18,20,37H2,1-2H3,(H4,38,39,40);(H,6,7)/t26-;/m0./s1. The molecule has 0 spiro atoms. The molecule has 8 N–H and O–H groups in total. The van der Waals surface area contributed by atoms with Gasteiger partial charge in [0.1, 0.15) is 28.3 Å². The summed E-state index contributed by atoms with van der Waals surface area (Å²) in [4.78, 5) is 47.5. The Kier molecular flexibility index (Phi) is 15.6. The van der Waals surface area contributed by atoms with Crippen LogP contribution in [-0.2, 0) is 35.8 Å². The third-order valence-corrected chi connectivity index (χ3v) is 11.9. The molecule has 58 heavy (non-hydrogen) atoms. The monoisotopic (exact) mass is 876 g/mol. The second-order valence-electron chi connectivity index (χ2n) is 13.6. The number of carboxylic acids is 1. The van der Waals surface area contributed by atoms with E-state index < -0.39 is 39.7 Å². The van der Waals surface area contributed by atoms with Gasteiger partial charge >= 0.3 is 12.1 Å². The first-order valence-electron chi connectivity index (χ1n) is 17.9. The number of sulfonamides is 1. The fraction of sp³-hybridized carbons (Fsp3) is 0.472. The number of nitrogens with zero attached hydrogens (tertiary/aromatic N) is 4. The molecule has 0 radical (unpaired) electrons. The Morgan fingerprint density at radius 2 is 1.69 bits per heavy atom. The van der Waals surface area contributed by atoms with E-state index in [1.165, 1.54) is 12.1 Å². The lowest BCUT2D eigenvalue weighted by atomic mass is 9.89. The van der Waals surface area contributed by atoms with Crippen molar-refractivity contribution in [1.29, 1.82) is 0 Å². The summed E-state index contributed by atoms with van der Waals surface area (Å²) >= 11 is 13.3. The van der Waals surface area contributed by atoms with Gasteiger partial charge in [-0.3, -0.25) is 14.6 Å². The van der Waals surface area contributed by atoms with Gasteiger partial charge in [-0.05, 0) is 69.4 Å². The number of aryl methyl sites for hydroxylation is 2. The summed E-state index contributed by atoms with van der Waals surface area (Å²) in [7, 11) is -4.37. The molecule has 3 heterocycles. The van der Waals surface area contributed by atoms with Crippen LogP contribution in [-0.4, -0.2) is 116 Å². The van der Waals surface area contributed by atoms with Gasteiger partial charge in [0.25, 0.3) is 0 Å². The molecule has 16 nitrogen and oxygen atoms in total. The molecule has 2 amide bonds. The molecule has 0 aliphatic carbocycles. The fourth-order valence-electron chi connectivity index (χ4n) is 6.44. The number of para-hydroxylation sites is 1. The Morgan fingerprint density at radius 1 is 1.07 bits per heavy atom. The van der Waals surface area contributed by atoms with Crippen LogP contribution in [0.3, 0.4) is 0 Å². The van der Waals surface area contributed by atoms with Crippen molar-refractivity contribution in [3.05, 3.63) is 63.3 Å². The molecule has 1 atom stereocenters. The maximum atomic E-state index is 14.1. The number of aliphatic carboxylic acids is 1. The number of piperazine rings is 1. The lowest BCUT2D eigenvalue weighted by Gasteiger charge is -2.43. The van der Waals surface area contributed by atoms with Gasteiger partial charge in [0, 0.05) is 67.6 Å². The number of hydrogen-bond acceptors (Lipinski definition) is 10. The van der Waals surface area contributed by atoms with E-state index in [4.69, 9.17) is 59.8 Å². The van der Waals surface area contributed by atoms with Gasteiger partial charge in [0.05, 0.1) is 11.1 Å². The van der Waals surface area contributed by atoms with E-state index in [0.717, 1.165) is 16.6 Å². The number of carbonyl (C=O) groups is 3. The number of alkyl halides is 3. The van der Waals surface area contributed by atoms with Gasteiger partial charge in [0.15, 0.2) is 5.96 Å². The summed E-state index contributed by atoms with van der Waals surface area (Å²) in [6.07, 6.45) is -3.92. The molecule has 5 rings (SSSR count). The van der Waals surface area contributed by atoms with Crippen molar-refractivity contribution < 1.29 is 50.6 Å². The maximum Gasteiger partial charge on any atom is 0.490 e. The third-order valence-electron chi connectivity index (χ3n) is 9.44. The van der Waals surface area contributed by atoms with E-state index in [1.807, 2.05) is 32.0 Å². The average Bonchev–Trinajstić information content (AvgIpc) is 3.15. The Morgan fingerprint density at radius 3 is 2.29 bits per heavy atom. The number of carbonyl (C=O) groups excluding carboxylic acids is 2. The molecule has 3 aromatic rings. The zero-order valence-electron chi connectivity index (χ0n) is 31.7. The van der Waals surface area contributed by atoms with Crippen molar-refractivity contribution in [2.24, 2.45) is 22.2 Å². The molecule has 2 aliphatic rings. The zero-order chi connectivity index (χ0) is 43.0. The number of halogens is 5. The second-order valence-corrected chi connectivity index (χ2v) is 16.1. The lowest BCUT2D eigenvalue weighted by Crippen LogP contribution is -2.64. The van der Waals surface area contributed by atoms with Crippen LogP contribution in [0.1, 0.15) is 42.5 Å². The Hall–Kier alpha value is -4.47. The van der Waals surface area contributed by atoms with Crippen molar-refractivity contribution in [3.8, 4) is 5.75 Å². The Bertz CT molecular complexity index is 2130. The highest BCUT2D eigenvalue weighted by Gasteiger charge is 2.47. The van der Waals surface area contributed by atoms with E-state index in [1.54, 1.807) is 15.9 Å². The van der Waals surface area contributed by atoms with E-state index in [-0.39, 0.29) is 91.2 Å². The molecule has 1 aromatic heterocycles. The van der Waals surface area contributed by atoms with E-state index in [2.05, 4.69) is 14.7 Å². The number of aliphatic imine (C=N–C) groups is 1. The van der Waals surface area contributed by atoms with Crippen LogP contribution in [0.15, 0.2) is 46.3 Å². The smallest absolute Gasteiger partial charge is 0.487 e. The minimum Gasteiger partial charge on any atom is -0.487 e. The van der Waals surface area contributed by atoms with Crippen molar-refractivity contribution in [1.82, 2.24) is 19.5 Å². The number of pyridine rings is 1. The van der Waals surface area contributed by atoms with Crippen molar-refractivity contribution in [2.75, 3.05) is 45.9 Å². The molecule has 2 saturated heterocycles. The normalized spacial score (nSPS) is 16.2. The van der Waals surface area contributed by atoms with E-state index in [9.17, 15) is 31.2 Å². The van der Waals surface area contributed by atoms with E-state index >= 15 is 0 Å². The highest BCUT2D eigenvalue weighted by molar-refractivity contribution is 7.89. The quantitative estimate of drug-likeness (QED) is 0.100. The van der Waals surface area contributed by atoms with Gasteiger partial charge < -0.3 is 41.6 Å².